The highest BCUT2D eigenvalue weighted by molar-refractivity contribution is 7.90. The zero-order valence-corrected chi connectivity index (χ0v) is 13.4. The standard InChI is InChI=1S/C15H13ClO5S/c1-20-15(17)11-8-14(22(2,18)19)13(9-12(11)16)21-10-6-4-3-5-7-10/h3-9H,1-2H3. The van der Waals surface area contributed by atoms with Gasteiger partial charge in [0.2, 0.25) is 0 Å². The maximum atomic E-state index is 11.9. The fraction of sp³-hybridized carbons (Fsp3) is 0.133. The number of hydrogen-bond donors (Lipinski definition) is 0. The molecule has 116 valence electrons. The molecule has 0 amide bonds. The van der Waals surface area contributed by atoms with Gasteiger partial charge < -0.3 is 9.47 Å². The number of methoxy groups -OCH3 is 1. The van der Waals surface area contributed by atoms with Crippen molar-refractivity contribution in [2.75, 3.05) is 13.4 Å². The SMILES string of the molecule is COC(=O)c1cc(S(C)(=O)=O)c(Oc2ccccc2)cc1Cl. The number of hydrogen-bond acceptors (Lipinski definition) is 5. The number of carbonyl (C=O) groups excluding carboxylic acids is 1. The number of esters is 1. The molecule has 0 aromatic heterocycles. The molecule has 2 aromatic carbocycles. The summed E-state index contributed by atoms with van der Waals surface area (Å²) >= 11 is 6.02. The van der Waals surface area contributed by atoms with Gasteiger partial charge in [0.05, 0.1) is 17.7 Å². The van der Waals surface area contributed by atoms with Crippen LogP contribution < -0.4 is 4.74 Å². The fourth-order valence-corrected chi connectivity index (χ4v) is 2.82. The summed E-state index contributed by atoms with van der Waals surface area (Å²) in [5.74, 6) is -0.221. The normalized spacial score (nSPS) is 11.0. The van der Waals surface area contributed by atoms with Gasteiger partial charge in [-0.2, -0.15) is 0 Å². The molecule has 0 heterocycles. The third-order valence-corrected chi connectivity index (χ3v) is 4.24. The molecule has 0 bridgehead atoms. The molecule has 2 aromatic rings. The van der Waals surface area contributed by atoms with Crippen molar-refractivity contribution in [2.45, 2.75) is 4.90 Å². The van der Waals surface area contributed by atoms with Crippen LogP contribution in [-0.4, -0.2) is 27.8 Å². The van der Waals surface area contributed by atoms with Gasteiger partial charge in [0.15, 0.2) is 9.84 Å². The number of para-hydroxylation sites is 1. The average Bonchev–Trinajstić information content (AvgIpc) is 2.46. The van der Waals surface area contributed by atoms with Gasteiger partial charge in [-0.1, -0.05) is 29.8 Å². The number of rotatable bonds is 4. The third-order valence-electron chi connectivity index (χ3n) is 2.81. The molecule has 0 spiro atoms. The largest absolute Gasteiger partial charge is 0.465 e. The van der Waals surface area contributed by atoms with E-state index in [-0.39, 0.29) is 21.2 Å². The third kappa shape index (κ3) is 3.58. The highest BCUT2D eigenvalue weighted by Crippen LogP contribution is 2.34. The van der Waals surface area contributed by atoms with Crippen molar-refractivity contribution in [3.05, 3.63) is 53.1 Å². The zero-order valence-electron chi connectivity index (χ0n) is 11.9. The summed E-state index contributed by atoms with van der Waals surface area (Å²) in [6.45, 7) is 0. The Morgan fingerprint density at radius 2 is 1.77 bits per heavy atom. The van der Waals surface area contributed by atoms with Crippen molar-refractivity contribution in [2.24, 2.45) is 0 Å². The molecular formula is C15H13ClO5S. The molecule has 0 aliphatic carbocycles. The first-order chi connectivity index (χ1) is 10.3. The zero-order chi connectivity index (χ0) is 16.3. The molecule has 0 fully saturated rings. The number of benzene rings is 2. The second-order valence-corrected chi connectivity index (χ2v) is 6.85. The minimum atomic E-state index is -3.63. The van der Waals surface area contributed by atoms with Crippen LogP contribution in [0.15, 0.2) is 47.4 Å². The lowest BCUT2D eigenvalue weighted by Gasteiger charge is -2.12. The summed E-state index contributed by atoms with van der Waals surface area (Å²) in [6.07, 6.45) is 1.02. The molecule has 0 radical (unpaired) electrons. The number of halogens is 1. The van der Waals surface area contributed by atoms with E-state index in [0.717, 1.165) is 12.3 Å². The summed E-state index contributed by atoms with van der Waals surface area (Å²) in [6, 6.07) is 11.1. The van der Waals surface area contributed by atoms with Crippen LogP contribution in [0.4, 0.5) is 0 Å². The maximum Gasteiger partial charge on any atom is 0.339 e. The van der Waals surface area contributed by atoms with Gasteiger partial charge in [-0.15, -0.1) is 0 Å². The van der Waals surface area contributed by atoms with Gasteiger partial charge in [-0.25, -0.2) is 13.2 Å². The molecule has 0 N–H and O–H groups in total. The van der Waals surface area contributed by atoms with E-state index < -0.39 is 15.8 Å². The first-order valence-electron chi connectivity index (χ1n) is 6.17. The summed E-state index contributed by atoms with van der Waals surface area (Å²) in [7, 11) is -2.44. The Kier molecular flexibility index (Phi) is 4.73. The summed E-state index contributed by atoms with van der Waals surface area (Å²) in [5.41, 5.74) is -0.0370. The Bertz CT molecular complexity index is 800. The molecule has 0 saturated heterocycles. The number of ether oxygens (including phenoxy) is 2. The van der Waals surface area contributed by atoms with E-state index in [9.17, 15) is 13.2 Å². The van der Waals surface area contributed by atoms with Crippen molar-refractivity contribution in [3.8, 4) is 11.5 Å². The molecule has 0 aliphatic heterocycles. The highest BCUT2D eigenvalue weighted by atomic mass is 35.5. The van der Waals surface area contributed by atoms with Gasteiger partial charge in [0.25, 0.3) is 0 Å². The molecule has 0 aliphatic rings. The molecule has 0 saturated carbocycles. The van der Waals surface area contributed by atoms with Crippen LogP contribution in [0.25, 0.3) is 0 Å². The monoisotopic (exact) mass is 340 g/mol. The smallest absolute Gasteiger partial charge is 0.339 e. The lowest BCUT2D eigenvalue weighted by Crippen LogP contribution is -2.07. The first-order valence-corrected chi connectivity index (χ1v) is 8.44. The van der Waals surface area contributed by atoms with Gasteiger partial charge in [-0.05, 0) is 18.2 Å². The molecule has 0 atom stereocenters. The predicted octanol–water partition coefficient (Wildman–Crippen LogP) is 3.32. The van der Waals surface area contributed by atoms with E-state index in [1.54, 1.807) is 30.3 Å². The second-order valence-electron chi connectivity index (χ2n) is 4.46. The molecular weight excluding hydrogens is 328 g/mol. The summed E-state index contributed by atoms with van der Waals surface area (Å²) in [4.78, 5) is 11.5. The molecule has 7 heteroatoms. The number of carbonyl (C=O) groups is 1. The van der Waals surface area contributed by atoms with Crippen LogP contribution in [0, 0.1) is 0 Å². The lowest BCUT2D eigenvalue weighted by molar-refractivity contribution is 0.0600. The van der Waals surface area contributed by atoms with E-state index >= 15 is 0 Å². The highest BCUT2D eigenvalue weighted by Gasteiger charge is 2.22. The molecule has 0 unspecified atom stereocenters. The lowest BCUT2D eigenvalue weighted by atomic mass is 10.2. The Morgan fingerprint density at radius 3 is 2.32 bits per heavy atom. The molecule has 2 rings (SSSR count). The van der Waals surface area contributed by atoms with Gasteiger partial charge in [-0.3, -0.25) is 0 Å². The van der Waals surface area contributed by atoms with Crippen LogP contribution in [0.2, 0.25) is 5.02 Å². The van der Waals surface area contributed by atoms with Crippen molar-refractivity contribution < 1.29 is 22.7 Å². The minimum Gasteiger partial charge on any atom is -0.465 e. The Morgan fingerprint density at radius 1 is 1.14 bits per heavy atom. The van der Waals surface area contributed by atoms with E-state index in [0.29, 0.717) is 5.75 Å². The van der Waals surface area contributed by atoms with Crippen LogP contribution in [-0.2, 0) is 14.6 Å². The Balaban J connectivity index is 2.58. The first kappa shape index (κ1) is 16.3. The molecule has 22 heavy (non-hydrogen) atoms. The van der Waals surface area contributed by atoms with Gasteiger partial charge >= 0.3 is 5.97 Å². The van der Waals surface area contributed by atoms with Crippen LogP contribution >= 0.6 is 11.6 Å². The van der Waals surface area contributed by atoms with Crippen molar-refractivity contribution in [3.63, 3.8) is 0 Å². The van der Waals surface area contributed by atoms with Crippen LogP contribution in [0.1, 0.15) is 10.4 Å². The van der Waals surface area contributed by atoms with Gasteiger partial charge in [0.1, 0.15) is 16.4 Å². The average molecular weight is 341 g/mol. The molecule has 5 nitrogen and oxygen atoms in total. The van der Waals surface area contributed by atoms with E-state index in [2.05, 4.69) is 4.74 Å². The van der Waals surface area contributed by atoms with Crippen molar-refractivity contribution in [1.82, 2.24) is 0 Å². The van der Waals surface area contributed by atoms with Gasteiger partial charge in [0, 0.05) is 12.3 Å². The van der Waals surface area contributed by atoms with Crippen molar-refractivity contribution >= 4 is 27.4 Å². The second kappa shape index (κ2) is 6.37. The fourth-order valence-electron chi connectivity index (χ4n) is 1.79. The minimum absolute atomic E-state index is 0.0370. The number of sulfone groups is 1. The van der Waals surface area contributed by atoms with E-state index in [4.69, 9.17) is 16.3 Å². The van der Waals surface area contributed by atoms with E-state index in [1.165, 1.54) is 13.2 Å². The van der Waals surface area contributed by atoms with E-state index in [1.807, 2.05) is 0 Å². The maximum absolute atomic E-state index is 11.9. The topological polar surface area (TPSA) is 69.7 Å². The van der Waals surface area contributed by atoms with Crippen LogP contribution in [0.3, 0.4) is 0 Å². The van der Waals surface area contributed by atoms with Crippen molar-refractivity contribution in [1.29, 1.82) is 0 Å². The summed E-state index contributed by atoms with van der Waals surface area (Å²) in [5, 5.41) is 0.0465. The quantitative estimate of drug-likeness (QED) is 0.798. The predicted molar refractivity (Wildman–Crippen MR) is 82.4 cm³/mol. The Hall–Kier alpha value is -2.05. The summed E-state index contributed by atoms with van der Waals surface area (Å²) < 4.78 is 34.0. The van der Waals surface area contributed by atoms with Crippen LogP contribution in [0.5, 0.6) is 11.5 Å². The Labute approximate surface area is 133 Å².